The first-order valence-electron chi connectivity index (χ1n) is 7.79. The molecule has 0 fully saturated rings. The van der Waals surface area contributed by atoms with Crippen molar-refractivity contribution in [2.75, 3.05) is 13.7 Å². The number of hydrogen-bond donors (Lipinski definition) is 2. The van der Waals surface area contributed by atoms with Crippen molar-refractivity contribution in [3.63, 3.8) is 0 Å². The highest BCUT2D eigenvalue weighted by Crippen LogP contribution is 2.26. The highest BCUT2D eigenvalue weighted by molar-refractivity contribution is 7.82. The summed E-state index contributed by atoms with van der Waals surface area (Å²) in [6, 6.07) is 6.96. The lowest BCUT2D eigenvalue weighted by atomic mass is 10.1. The molecule has 2 unspecified atom stereocenters. The zero-order chi connectivity index (χ0) is 19.4. The van der Waals surface area contributed by atoms with E-state index in [4.69, 9.17) is 15.9 Å². The SMILES string of the molecule is C#Cc1cnc2ccc(OC(C)(S)C(=O)NC(C)(C=O)COC)cc2c1. The summed E-state index contributed by atoms with van der Waals surface area (Å²) in [5.41, 5.74) is 0.214. The number of carbonyl (C=O) groups excluding carboxylic acids is 2. The van der Waals surface area contributed by atoms with Gasteiger partial charge in [-0.3, -0.25) is 9.78 Å². The fraction of sp³-hybridized carbons (Fsp3) is 0.316. The van der Waals surface area contributed by atoms with Gasteiger partial charge in [-0.15, -0.1) is 19.1 Å². The van der Waals surface area contributed by atoms with Gasteiger partial charge in [-0.1, -0.05) is 5.92 Å². The largest absolute Gasteiger partial charge is 0.468 e. The lowest BCUT2D eigenvalue weighted by Crippen LogP contribution is -2.57. The number of terminal acetylenes is 1. The number of methoxy groups -OCH3 is 1. The third-order valence-corrected chi connectivity index (χ3v) is 3.96. The van der Waals surface area contributed by atoms with Gasteiger partial charge < -0.3 is 19.6 Å². The van der Waals surface area contributed by atoms with Gasteiger partial charge in [0, 0.05) is 24.3 Å². The Morgan fingerprint density at radius 2 is 2.15 bits per heavy atom. The Bertz CT molecular complexity index is 875. The molecule has 1 amide bonds. The molecule has 1 aromatic heterocycles. The van der Waals surface area contributed by atoms with Crippen molar-refractivity contribution in [2.45, 2.75) is 24.3 Å². The zero-order valence-corrected chi connectivity index (χ0v) is 15.7. The van der Waals surface area contributed by atoms with E-state index in [1.807, 2.05) is 0 Å². The van der Waals surface area contributed by atoms with Crippen LogP contribution in [0.1, 0.15) is 19.4 Å². The van der Waals surface area contributed by atoms with Gasteiger partial charge in [-0.25, -0.2) is 0 Å². The van der Waals surface area contributed by atoms with Gasteiger partial charge >= 0.3 is 0 Å². The Morgan fingerprint density at radius 3 is 2.77 bits per heavy atom. The number of benzene rings is 1. The number of nitrogens with zero attached hydrogens (tertiary/aromatic N) is 1. The van der Waals surface area contributed by atoms with Crippen molar-refractivity contribution < 1.29 is 19.1 Å². The van der Waals surface area contributed by atoms with E-state index < -0.39 is 16.4 Å². The first kappa shape index (κ1) is 19.8. The average Bonchev–Trinajstić information content (AvgIpc) is 2.60. The number of ether oxygens (including phenoxy) is 2. The Hall–Kier alpha value is -2.56. The monoisotopic (exact) mass is 372 g/mol. The number of pyridine rings is 1. The van der Waals surface area contributed by atoms with Crippen LogP contribution in [0.5, 0.6) is 5.75 Å². The molecule has 0 spiro atoms. The first-order valence-corrected chi connectivity index (χ1v) is 8.23. The van der Waals surface area contributed by atoms with Crippen LogP contribution in [0.25, 0.3) is 10.9 Å². The highest BCUT2D eigenvalue weighted by atomic mass is 32.1. The molecular weight excluding hydrogens is 352 g/mol. The number of aldehydes is 1. The maximum Gasteiger partial charge on any atom is 0.275 e. The molecule has 1 aromatic carbocycles. The van der Waals surface area contributed by atoms with Gasteiger partial charge in [0.1, 0.15) is 17.6 Å². The number of aromatic nitrogens is 1. The highest BCUT2D eigenvalue weighted by Gasteiger charge is 2.37. The van der Waals surface area contributed by atoms with Crippen LogP contribution in [0.15, 0.2) is 30.5 Å². The van der Waals surface area contributed by atoms with E-state index in [9.17, 15) is 9.59 Å². The Kier molecular flexibility index (Phi) is 5.90. The number of amides is 1. The van der Waals surface area contributed by atoms with Crippen molar-refractivity contribution >= 4 is 35.7 Å². The molecule has 0 radical (unpaired) electrons. The van der Waals surface area contributed by atoms with Gasteiger partial charge in [0.05, 0.1) is 12.1 Å². The van der Waals surface area contributed by atoms with E-state index in [0.29, 0.717) is 17.6 Å². The molecule has 2 atom stereocenters. The molecular formula is C19H20N2O4S. The molecule has 0 saturated carbocycles. The van der Waals surface area contributed by atoms with Gasteiger partial charge in [0.15, 0.2) is 0 Å². The molecule has 0 aliphatic carbocycles. The third-order valence-electron chi connectivity index (χ3n) is 3.66. The average molecular weight is 372 g/mol. The fourth-order valence-corrected chi connectivity index (χ4v) is 2.46. The lowest BCUT2D eigenvalue weighted by Gasteiger charge is -2.30. The van der Waals surface area contributed by atoms with Gasteiger partial charge in [-0.05, 0) is 38.1 Å². The summed E-state index contributed by atoms with van der Waals surface area (Å²) in [5, 5.41) is 3.37. The molecule has 6 nitrogen and oxygen atoms in total. The van der Waals surface area contributed by atoms with E-state index in [1.165, 1.54) is 14.0 Å². The normalized spacial score (nSPS) is 15.3. The van der Waals surface area contributed by atoms with Crippen LogP contribution < -0.4 is 10.1 Å². The molecule has 7 heteroatoms. The number of carbonyl (C=O) groups is 2. The molecule has 0 saturated heterocycles. The van der Waals surface area contributed by atoms with Crippen LogP contribution in [-0.2, 0) is 14.3 Å². The second-order valence-corrected chi connectivity index (χ2v) is 7.08. The molecule has 136 valence electrons. The number of rotatable bonds is 7. The predicted molar refractivity (Wildman–Crippen MR) is 102 cm³/mol. The van der Waals surface area contributed by atoms with Crippen molar-refractivity contribution in [2.24, 2.45) is 0 Å². The summed E-state index contributed by atoms with van der Waals surface area (Å²) in [7, 11) is 1.44. The minimum atomic E-state index is -1.51. The third kappa shape index (κ3) is 4.54. The summed E-state index contributed by atoms with van der Waals surface area (Å²) >= 11 is 4.31. The predicted octanol–water partition coefficient (Wildman–Crippen LogP) is 1.96. The molecule has 0 bridgehead atoms. The van der Waals surface area contributed by atoms with Gasteiger partial charge in [0.2, 0.25) is 4.93 Å². The number of thiol groups is 1. The molecule has 0 aliphatic rings. The molecule has 1 N–H and O–H groups in total. The summed E-state index contributed by atoms with van der Waals surface area (Å²) in [6.07, 6.45) is 7.61. The van der Waals surface area contributed by atoms with E-state index in [1.54, 1.807) is 37.4 Å². The van der Waals surface area contributed by atoms with E-state index in [-0.39, 0.29) is 6.61 Å². The molecule has 0 aliphatic heterocycles. The maximum absolute atomic E-state index is 12.5. The van der Waals surface area contributed by atoms with Crippen molar-refractivity contribution in [1.29, 1.82) is 0 Å². The Morgan fingerprint density at radius 1 is 1.42 bits per heavy atom. The first-order chi connectivity index (χ1) is 12.2. The quantitative estimate of drug-likeness (QED) is 0.336. The van der Waals surface area contributed by atoms with Gasteiger partial charge in [-0.2, -0.15) is 0 Å². The van der Waals surface area contributed by atoms with Crippen molar-refractivity contribution in [3.05, 3.63) is 36.0 Å². The van der Waals surface area contributed by atoms with Crippen molar-refractivity contribution in [3.8, 4) is 18.1 Å². The van der Waals surface area contributed by atoms with Crippen LogP contribution in [0.3, 0.4) is 0 Å². The molecule has 2 rings (SSSR count). The van der Waals surface area contributed by atoms with E-state index in [0.717, 1.165) is 10.9 Å². The van der Waals surface area contributed by atoms with Crippen LogP contribution >= 0.6 is 12.6 Å². The van der Waals surface area contributed by atoms with E-state index in [2.05, 4.69) is 28.8 Å². The number of hydrogen-bond acceptors (Lipinski definition) is 6. The van der Waals surface area contributed by atoms with Crippen LogP contribution in [0.2, 0.25) is 0 Å². The fourth-order valence-electron chi connectivity index (χ4n) is 2.30. The summed E-state index contributed by atoms with van der Waals surface area (Å²) < 4.78 is 10.7. The zero-order valence-electron chi connectivity index (χ0n) is 14.8. The molecule has 1 heterocycles. The second kappa shape index (κ2) is 7.77. The summed E-state index contributed by atoms with van der Waals surface area (Å²) in [4.78, 5) is 26.5. The minimum absolute atomic E-state index is 0.0304. The molecule has 2 aromatic rings. The second-order valence-electron chi connectivity index (χ2n) is 6.23. The smallest absolute Gasteiger partial charge is 0.275 e. The standard InChI is InChI=1S/C19H20N2O4S/c1-5-13-8-14-9-15(6-7-16(14)20-10-13)25-19(3,26)17(23)21-18(2,11-22)12-24-4/h1,6-11,26H,12H2,2-4H3,(H,21,23). The lowest BCUT2D eigenvalue weighted by molar-refractivity contribution is -0.134. The number of nitrogens with one attached hydrogen (secondary N) is 1. The van der Waals surface area contributed by atoms with Crippen LogP contribution in [0, 0.1) is 12.3 Å². The Balaban J connectivity index is 2.22. The van der Waals surface area contributed by atoms with Crippen molar-refractivity contribution in [1.82, 2.24) is 10.3 Å². The summed E-state index contributed by atoms with van der Waals surface area (Å²) in [5.74, 6) is 2.37. The Labute approximate surface area is 157 Å². The topological polar surface area (TPSA) is 77.5 Å². The number of fused-ring (bicyclic) bond motifs is 1. The van der Waals surface area contributed by atoms with Crippen LogP contribution in [0.4, 0.5) is 0 Å². The molecule has 26 heavy (non-hydrogen) atoms. The minimum Gasteiger partial charge on any atom is -0.468 e. The van der Waals surface area contributed by atoms with Crippen LogP contribution in [-0.4, -0.2) is 41.4 Å². The maximum atomic E-state index is 12.5. The van der Waals surface area contributed by atoms with Gasteiger partial charge in [0.25, 0.3) is 5.91 Å². The summed E-state index contributed by atoms with van der Waals surface area (Å²) in [6.45, 7) is 3.07. The van der Waals surface area contributed by atoms with E-state index >= 15 is 0 Å².